The Bertz CT molecular complexity index is 536. The second-order valence-corrected chi connectivity index (χ2v) is 7.08. The normalized spacial score (nSPS) is 29.9. The molecule has 3 nitrogen and oxygen atoms in total. The monoisotopic (exact) mass is 290 g/mol. The van der Waals surface area contributed by atoms with Crippen molar-refractivity contribution < 1.29 is 14.2 Å². The van der Waals surface area contributed by atoms with E-state index in [2.05, 4.69) is 20.8 Å². The Kier molecular flexibility index (Phi) is 3.54. The molecule has 0 amide bonds. The number of methoxy groups -OCH3 is 2. The summed E-state index contributed by atoms with van der Waals surface area (Å²) in [5, 5.41) is 0. The van der Waals surface area contributed by atoms with Crippen molar-refractivity contribution in [3.8, 4) is 17.2 Å². The Hall–Kier alpha value is -1.38. The van der Waals surface area contributed by atoms with E-state index in [0.717, 1.165) is 23.2 Å². The molecule has 21 heavy (non-hydrogen) atoms. The lowest BCUT2D eigenvalue weighted by Gasteiger charge is -2.49. The van der Waals surface area contributed by atoms with E-state index in [-0.39, 0.29) is 5.60 Å². The Labute approximate surface area is 127 Å². The van der Waals surface area contributed by atoms with E-state index in [0.29, 0.717) is 11.8 Å². The summed E-state index contributed by atoms with van der Waals surface area (Å²) in [6, 6.07) is 3.99. The summed E-state index contributed by atoms with van der Waals surface area (Å²) in [7, 11) is 3.41. The number of benzene rings is 1. The molecule has 3 atom stereocenters. The first kappa shape index (κ1) is 14.6. The van der Waals surface area contributed by atoms with Gasteiger partial charge < -0.3 is 14.2 Å². The fraction of sp³-hybridized carbons (Fsp3) is 0.667. The smallest absolute Gasteiger partial charge is 0.131 e. The van der Waals surface area contributed by atoms with Crippen molar-refractivity contribution >= 4 is 0 Å². The van der Waals surface area contributed by atoms with Gasteiger partial charge in [-0.05, 0) is 38.5 Å². The zero-order valence-electron chi connectivity index (χ0n) is 13.7. The van der Waals surface area contributed by atoms with Crippen molar-refractivity contribution in [2.75, 3.05) is 14.2 Å². The predicted molar refractivity (Wildman–Crippen MR) is 83.5 cm³/mol. The van der Waals surface area contributed by atoms with Crippen molar-refractivity contribution in [1.29, 1.82) is 0 Å². The third kappa shape index (κ3) is 2.37. The van der Waals surface area contributed by atoms with E-state index in [1.54, 1.807) is 14.2 Å². The molecule has 1 heterocycles. The molecule has 0 saturated heterocycles. The molecule has 1 aliphatic heterocycles. The fourth-order valence-corrected chi connectivity index (χ4v) is 4.20. The van der Waals surface area contributed by atoms with Crippen LogP contribution in [0.15, 0.2) is 12.1 Å². The topological polar surface area (TPSA) is 27.7 Å². The van der Waals surface area contributed by atoms with E-state index in [1.807, 2.05) is 12.1 Å². The number of rotatable bonds is 2. The zero-order valence-corrected chi connectivity index (χ0v) is 13.7. The van der Waals surface area contributed by atoms with Crippen LogP contribution in [-0.2, 0) is 0 Å². The molecule has 2 aliphatic rings. The highest BCUT2D eigenvalue weighted by Crippen LogP contribution is 2.56. The third-order valence-corrected chi connectivity index (χ3v) is 5.28. The van der Waals surface area contributed by atoms with Gasteiger partial charge in [0.15, 0.2) is 0 Å². The first-order chi connectivity index (χ1) is 9.96. The van der Waals surface area contributed by atoms with Crippen LogP contribution in [0.4, 0.5) is 0 Å². The second kappa shape index (κ2) is 5.11. The van der Waals surface area contributed by atoms with Crippen LogP contribution >= 0.6 is 0 Å². The van der Waals surface area contributed by atoms with E-state index in [4.69, 9.17) is 14.2 Å². The Morgan fingerprint density at radius 3 is 2.57 bits per heavy atom. The average molecular weight is 290 g/mol. The molecular weight excluding hydrogens is 264 g/mol. The van der Waals surface area contributed by atoms with Gasteiger partial charge in [0.25, 0.3) is 0 Å². The van der Waals surface area contributed by atoms with Crippen LogP contribution in [-0.4, -0.2) is 19.8 Å². The summed E-state index contributed by atoms with van der Waals surface area (Å²) in [4.78, 5) is 0. The lowest BCUT2D eigenvalue weighted by molar-refractivity contribution is -0.0147. The molecule has 3 unspecified atom stereocenters. The largest absolute Gasteiger partial charge is 0.496 e. The average Bonchev–Trinajstić information content (AvgIpc) is 2.44. The molecule has 1 aliphatic carbocycles. The SMILES string of the molecule is COc1cc(OC)c2c(c1)OC(C)(C)C1CCC(C)CC21. The van der Waals surface area contributed by atoms with Gasteiger partial charge in [-0.3, -0.25) is 0 Å². The standard InChI is InChI=1S/C18H26O3/c1-11-6-7-14-13(8-11)17-15(20-5)9-12(19-4)10-16(17)21-18(14,2)3/h9-11,13-14H,6-8H2,1-5H3. The number of fused-ring (bicyclic) bond motifs is 3. The summed E-state index contributed by atoms with van der Waals surface area (Å²) >= 11 is 0. The summed E-state index contributed by atoms with van der Waals surface area (Å²) in [6.07, 6.45) is 3.74. The Balaban J connectivity index is 2.13. The van der Waals surface area contributed by atoms with Crippen molar-refractivity contribution in [2.24, 2.45) is 11.8 Å². The van der Waals surface area contributed by atoms with Crippen molar-refractivity contribution in [2.45, 2.75) is 51.6 Å². The summed E-state index contributed by atoms with van der Waals surface area (Å²) in [5.41, 5.74) is 1.11. The molecule has 0 spiro atoms. The first-order valence-electron chi connectivity index (χ1n) is 7.91. The minimum atomic E-state index is -0.130. The van der Waals surface area contributed by atoms with Gasteiger partial charge >= 0.3 is 0 Å². The second-order valence-electron chi connectivity index (χ2n) is 7.08. The Morgan fingerprint density at radius 1 is 1.14 bits per heavy atom. The quantitative estimate of drug-likeness (QED) is 0.808. The highest BCUT2D eigenvalue weighted by atomic mass is 16.5. The van der Waals surface area contributed by atoms with Gasteiger partial charge in [-0.25, -0.2) is 0 Å². The highest BCUT2D eigenvalue weighted by molar-refractivity contribution is 5.54. The third-order valence-electron chi connectivity index (χ3n) is 5.28. The highest BCUT2D eigenvalue weighted by Gasteiger charge is 2.47. The van der Waals surface area contributed by atoms with Crippen LogP contribution < -0.4 is 14.2 Å². The molecule has 1 aromatic rings. The van der Waals surface area contributed by atoms with Crippen LogP contribution in [0, 0.1) is 11.8 Å². The van der Waals surface area contributed by atoms with Gasteiger partial charge in [0.05, 0.1) is 14.2 Å². The maximum atomic E-state index is 6.35. The molecule has 0 radical (unpaired) electrons. The number of hydrogen-bond donors (Lipinski definition) is 0. The first-order valence-corrected chi connectivity index (χ1v) is 7.91. The van der Waals surface area contributed by atoms with Gasteiger partial charge in [-0.15, -0.1) is 0 Å². The molecule has 0 N–H and O–H groups in total. The Morgan fingerprint density at radius 2 is 1.90 bits per heavy atom. The number of ether oxygens (including phenoxy) is 3. The van der Waals surface area contributed by atoms with Crippen LogP contribution in [0.2, 0.25) is 0 Å². The zero-order chi connectivity index (χ0) is 15.2. The molecule has 116 valence electrons. The predicted octanol–water partition coefficient (Wildman–Crippen LogP) is 4.39. The van der Waals surface area contributed by atoms with E-state index in [9.17, 15) is 0 Å². The van der Waals surface area contributed by atoms with Gasteiger partial charge in [0, 0.05) is 23.6 Å². The fourth-order valence-electron chi connectivity index (χ4n) is 4.20. The molecule has 3 rings (SSSR count). The van der Waals surface area contributed by atoms with Crippen molar-refractivity contribution in [3.63, 3.8) is 0 Å². The van der Waals surface area contributed by atoms with Gasteiger partial charge in [-0.1, -0.05) is 13.3 Å². The van der Waals surface area contributed by atoms with Crippen LogP contribution in [0.3, 0.4) is 0 Å². The number of hydrogen-bond acceptors (Lipinski definition) is 3. The summed E-state index contributed by atoms with van der Waals surface area (Å²) in [5.74, 6) is 4.48. The molecule has 0 bridgehead atoms. The molecular formula is C18H26O3. The lowest BCUT2D eigenvalue weighted by atomic mass is 9.64. The van der Waals surface area contributed by atoms with Gasteiger partial charge in [0.2, 0.25) is 0 Å². The molecule has 0 aromatic heterocycles. The minimum absolute atomic E-state index is 0.130. The lowest BCUT2D eigenvalue weighted by Crippen LogP contribution is -2.46. The molecule has 1 saturated carbocycles. The summed E-state index contributed by atoms with van der Waals surface area (Å²) < 4.78 is 17.4. The van der Waals surface area contributed by atoms with Crippen LogP contribution in [0.5, 0.6) is 17.2 Å². The maximum absolute atomic E-state index is 6.35. The van der Waals surface area contributed by atoms with E-state index in [1.165, 1.54) is 24.8 Å². The van der Waals surface area contributed by atoms with Gasteiger partial charge in [-0.2, -0.15) is 0 Å². The van der Waals surface area contributed by atoms with Crippen molar-refractivity contribution in [1.82, 2.24) is 0 Å². The molecule has 1 aromatic carbocycles. The molecule has 3 heteroatoms. The van der Waals surface area contributed by atoms with Crippen molar-refractivity contribution in [3.05, 3.63) is 17.7 Å². The van der Waals surface area contributed by atoms with Gasteiger partial charge in [0.1, 0.15) is 22.8 Å². The van der Waals surface area contributed by atoms with Crippen LogP contribution in [0.1, 0.15) is 51.5 Å². The van der Waals surface area contributed by atoms with E-state index >= 15 is 0 Å². The van der Waals surface area contributed by atoms with E-state index < -0.39 is 0 Å². The summed E-state index contributed by atoms with van der Waals surface area (Å²) in [6.45, 7) is 6.79. The maximum Gasteiger partial charge on any atom is 0.131 e. The minimum Gasteiger partial charge on any atom is -0.496 e. The molecule has 1 fully saturated rings. The van der Waals surface area contributed by atoms with Crippen LogP contribution in [0.25, 0.3) is 0 Å².